The molecule has 2 aromatic carbocycles. The number of amides is 2. The fourth-order valence-electron chi connectivity index (χ4n) is 3.41. The minimum absolute atomic E-state index is 0.181. The second-order valence-corrected chi connectivity index (χ2v) is 10.3. The van der Waals surface area contributed by atoms with Crippen molar-refractivity contribution in [2.75, 3.05) is 11.6 Å². The van der Waals surface area contributed by atoms with Gasteiger partial charge < -0.3 is 5.32 Å². The second kappa shape index (κ2) is 10.4. The number of aryl methyl sites for hydroxylation is 2. The standard InChI is InChI=1S/C27H23N5O3S/c1-19-15-25(32(2)30-19)27(34)29-24-12-8-7-9-21(24)14-13-20-16-22(18-28-17-20)26(33)31-36(3,35)23-10-5-4-6-11-23/h4-12,15-18H,1-3H3,(H,29,34). The Morgan fingerprint density at radius 3 is 2.44 bits per heavy atom. The van der Waals surface area contributed by atoms with Gasteiger partial charge in [0.1, 0.15) is 5.69 Å². The van der Waals surface area contributed by atoms with Crippen molar-refractivity contribution in [1.29, 1.82) is 0 Å². The number of pyridine rings is 1. The van der Waals surface area contributed by atoms with Gasteiger partial charge in [-0.2, -0.15) is 9.46 Å². The molecule has 4 rings (SSSR count). The Morgan fingerprint density at radius 1 is 1.00 bits per heavy atom. The predicted molar refractivity (Wildman–Crippen MR) is 138 cm³/mol. The molecule has 0 spiro atoms. The van der Waals surface area contributed by atoms with Gasteiger partial charge in [-0.15, -0.1) is 0 Å². The van der Waals surface area contributed by atoms with E-state index in [2.05, 4.69) is 31.6 Å². The van der Waals surface area contributed by atoms with Crippen molar-refractivity contribution in [2.45, 2.75) is 11.8 Å². The van der Waals surface area contributed by atoms with Crippen molar-refractivity contribution < 1.29 is 13.8 Å². The Bertz CT molecular complexity index is 1640. The van der Waals surface area contributed by atoms with Gasteiger partial charge in [-0.3, -0.25) is 19.3 Å². The highest BCUT2D eigenvalue weighted by Gasteiger charge is 2.14. The number of carbonyl (C=O) groups is 2. The van der Waals surface area contributed by atoms with Crippen LogP contribution in [0, 0.1) is 18.8 Å². The Hall–Kier alpha value is -4.55. The van der Waals surface area contributed by atoms with Crippen LogP contribution in [0.15, 0.2) is 88.4 Å². The van der Waals surface area contributed by atoms with Crippen LogP contribution in [0.2, 0.25) is 0 Å². The lowest BCUT2D eigenvalue weighted by Gasteiger charge is -2.07. The van der Waals surface area contributed by atoms with Crippen molar-refractivity contribution in [2.24, 2.45) is 11.4 Å². The normalized spacial score (nSPS) is 12.1. The Kier molecular flexibility index (Phi) is 7.08. The predicted octanol–water partition coefficient (Wildman–Crippen LogP) is 4.07. The maximum atomic E-state index is 12.9. The number of nitrogens with zero attached hydrogens (tertiary/aromatic N) is 4. The molecular formula is C27H23N5O3S. The summed E-state index contributed by atoms with van der Waals surface area (Å²) in [5.74, 6) is 5.06. The minimum Gasteiger partial charge on any atom is -0.320 e. The van der Waals surface area contributed by atoms with Gasteiger partial charge in [0.05, 0.1) is 26.7 Å². The van der Waals surface area contributed by atoms with Crippen LogP contribution < -0.4 is 5.32 Å². The number of hydrogen-bond donors (Lipinski definition) is 1. The molecule has 0 saturated carbocycles. The fourth-order valence-corrected chi connectivity index (χ4v) is 4.60. The van der Waals surface area contributed by atoms with Crippen LogP contribution in [0.1, 0.15) is 37.7 Å². The van der Waals surface area contributed by atoms with Crippen molar-refractivity contribution >= 4 is 27.2 Å². The van der Waals surface area contributed by atoms with Gasteiger partial charge in [-0.05, 0) is 43.3 Å². The molecule has 1 atom stereocenters. The maximum Gasteiger partial charge on any atom is 0.286 e. The Morgan fingerprint density at radius 2 is 1.72 bits per heavy atom. The summed E-state index contributed by atoms with van der Waals surface area (Å²) in [6, 6.07) is 19.0. The van der Waals surface area contributed by atoms with Gasteiger partial charge in [0, 0.05) is 41.7 Å². The molecule has 9 heteroatoms. The molecule has 0 aliphatic carbocycles. The van der Waals surface area contributed by atoms with E-state index < -0.39 is 15.6 Å². The summed E-state index contributed by atoms with van der Waals surface area (Å²) >= 11 is 0. The van der Waals surface area contributed by atoms with E-state index in [1.165, 1.54) is 23.3 Å². The highest BCUT2D eigenvalue weighted by molar-refractivity contribution is 7.93. The summed E-state index contributed by atoms with van der Waals surface area (Å²) in [6.45, 7) is 1.82. The topological polar surface area (TPSA) is 106 Å². The summed E-state index contributed by atoms with van der Waals surface area (Å²) in [7, 11) is -1.20. The molecule has 1 N–H and O–H groups in total. The van der Waals surface area contributed by atoms with E-state index in [1.54, 1.807) is 67.7 Å². The van der Waals surface area contributed by atoms with E-state index in [9.17, 15) is 13.8 Å². The number of hydrogen-bond acceptors (Lipinski definition) is 5. The summed E-state index contributed by atoms with van der Waals surface area (Å²) in [6.07, 6.45) is 4.31. The smallest absolute Gasteiger partial charge is 0.286 e. The third-order valence-corrected chi connectivity index (χ3v) is 6.84. The molecule has 8 nitrogen and oxygen atoms in total. The van der Waals surface area contributed by atoms with Gasteiger partial charge in [0.2, 0.25) is 0 Å². The monoisotopic (exact) mass is 497 g/mol. The van der Waals surface area contributed by atoms with Gasteiger partial charge >= 0.3 is 0 Å². The van der Waals surface area contributed by atoms with Gasteiger partial charge in [0.25, 0.3) is 11.8 Å². The first-order valence-corrected chi connectivity index (χ1v) is 12.8. The van der Waals surface area contributed by atoms with E-state index in [-0.39, 0.29) is 11.5 Å². The van der Waals surface area contributed by atoms with Crippen molar-refractivity contribution in [3.05, 3.63) is 107 Å². The molecule has 4 aromatic rings. The van der Waals surface area contributed by atoms with E-state index in [1.807, 2.05) is 13.0 Å². The lowest BCUT2D eigenvalue weighted by atomic mass is 10.1. The number of anilines is 1. The molecule has 1 unspecified atom stereocenters. The second-order valence-electron chi connectivity index (χ2n) is 8.02. The fraction of sp³-hybridized carbons (Fsp3) is 0.111. The summed E-state index contributed by atoms with van der Waals surface area (Å²) in [4.78, 5) is 30.0. The van der Waals surface area contributed by atoms with E-state index in [0.29, 0.717) is 27.4 Å². The van der Waals surface area contributed by atoms with Crippen LogP contribution in [0.25, 0.3) is 0 Å². The highest BCUT2D eigenvalue weighted by atomic mass is 32.2. The zero-order valence-corrected chi connectivity index (χ0v) is 20.7. The van der Waals surface area contributed by atoms with E-state index >= 15 is 0 Å². The van der Waals surface area contributed by atoms with Gasteiger partial charge in [-0.1, -0.05) is 42.2 Å². The number of nitrogens with one attached hydrogen (secondary N) is 1. The van der Waals surface area contributed by atoms with Gasteiger partial charge in [-0.25, -0.2) is 4.21 Å². The first-order valence-electron chi connectivity index (χ1n) is 10.9. The molecule has 0 fully saturated rings. The quantitative estimate of drug-likeness (QED) is 0.428. The molecule has 0 bridgehead atoms. The number of carbonyl (C=O) groups excluding carboxylic acids is 2. The largest absolute Gasteiger partial charge is 0.320 e. The van der Waals surface area contributed by atoms with Crippen LogP contribution in [-0.2, 0) is 16.8 Å². The molecule has 0 aliphatic heterocycles. The Labute approximate surface area is 209 Å². The number of benzene rings is 2. The molecule has 2 heterocycles. The Balaban J connectivity index is 1.58. The minimum atomic E-state index is -2.90. The van der Waals surface area contributed by atoms with Gasteiger partial charge in [0.15, 0.2) is 0 Å². The zero-order valence-electron chi connectivity index (χ0n) is 19.9. The molecule has 180 valence electrons. The molecule has 0 radical (unpaired) electrons. The first kappa shape index (κ1) is 24.6. The molecule has 0 saturated heterocycles. The summed E-state index contributed by atoms with van der Waals surface area (Å²) in [5.41, 5.74) is 2.95. The first-order chi connectivity index (χ1) is 17.2. The van der Waals surface area contributed by atoms with Crippen LogP contribution in [-0.4, -0.2) is 37.0 Å². The average molecular weight is 498 g/mol. The summed E-state index contributed by atoms with van der Waals surface area (Å²) < 4.78 is 18.4. The molecular weight excluding hydrogens is 474 g/mol. The maximum absolute atomic E-state index is 12.9. The van der Waals surface area contributed by atoms with Crippen molar-refractivity contribution in [1.82, 2.24) is 14.8 Å². The lowest BCUT2D eigenvalue weighted by Crippen LogP contribution is -2.16. The highest BCUT2D eigenvalue weighted by Crippen LogP contribution is 2.17. The number of rotatable bonds is 4. The van der Waals surface area contributed by atoms with Crippen molar-refractivity contribution in [3.8, 4) is 11.8 Å². The van der Waals surface area contributed by atoms with Crippen LogP contribution in [0.4, 0.5) is 5.69 Å². The molecule has 2 amide bonds. The lowest BCUT2D eigenvalue weighted by molar-refractivity contribution is 0.0999. The van der Waals surface area contributed by atoms with Crippen LogP contribution in [0.3, 0.4) is 0 Å². The average Bonchev–Trinajstić information content (AvgIpc) is 3.22. The zero-order chi connectivity index (χ0) is 25.7. The third kappa shape index (κ3) is 5.74. The van der Waals surface area contributed by atoms with Crippen LogP contribution >= 0.6 is 0 Å². The summed E-state index contributed by atoms with van der Waals surface area (Å²) in [5, 5.41) is 7.07. The van der Waals surface area contributed by atoms with E-state index in [0.717, 1.165) is 5.69 Å². The third-order valence-electron chi connectivity index (χ3n) is 5.17. The van der Waals surface area contributed by atoms with E-state index in [4.69, 9.17) is 0 Å². The molecule has 2 aromatic heterocycles. The van der Waals surface area contributed by atoms with Crippen molar-refractivity contribution in [3.63, 3.8) is 0 Å². The number of para-hydroxylation sites is 1. The SMILES string of the molecule is Cc1cc(C(=O)Nc2ccccc2C#Cc2cncc(C(=O)N=S(C)(=O)c3ccccc3)c2)n(C)n1. The molecule has 36 heavy (non-hydrogen) atoms. The van der Waals surface area contributed by atoms with Crippen LogP contribution in [0.5, 0.6) is 0 Å². The number of aromatic nitrogens is 3. The molecule has 0 aliphatic rings.